The molecule has 4 rings (SSSR count). The number of piperidine rings is 2. The molecular weight excluding hydrogens is 485 g/mol. The van der Waals surface area contributed by atoms with Crippen molar-refractivity contribution in [2.75, 3.05) is 26.2 Å². The minimum Gasteiger partial charge on any atom is -0.658 e. The van der Waals surface area contributed by atoms with Crippen LogP contribution in [0.25, 0.3) is 10.6 Å². The van der Waals surface area contributed by atoms with Gasteiger partial charge in [-0.2, -0.15) is 0 Å². The molecule has 1 radical (unpaired) electrons. The number of hydrogen-bond donors (Lipinski definition) is 4. The van der Waals surface area contributed by atoms with Crippen molar-refractivity contribution in [2.24, 2.45) is 11.7 Å². The molecule has 35 heavy (non-hydrogen) atoms. The number of nitrogens with one attached hydrogen (secondary N) is 2. The zero-order valence-electron chi connectivity index (χ0n) is 21.8. The van der Waals surface area contributed by atoms with Crippen LogP contribution < -0.4 is 16.4 Å². The molecule has 0 amide bonds. The Morgan fingerprint density at radius 3 is 1.63 bits per heavy atom. The van der Waals surface area contributed by atoms with E-state index in [1.807, 2.05) is 0 Å². The Morgan fingerprint density at radius 2 is 1.20 bits per heavy atom. The molecule has 4 aliphatic rings. The van der Waals surface area contributed by atoms with Crippen molar-refractivity contribution in [1.29, 1.82) is 0 Å². The van der Waals surface area contributed by atoms with E-state index in [2.05, 4.69) is 10.6 Å². The van der Waals surface area contributed by atoms with Gasteiger partial charge < -0.3 is 32.1 Å². The summed E-state index contributed by atoms with van der Waals surface area (Å²) < 4.78 is 0. The molecular formula is C27H51CoN5O2. The summed E-state index contributed by atoms with van der Waals surface area (Å²) >= 11 is 0. The Balaban J connectivity index is 0.000000284. The first-order chi connectivity index (χ1) is 16.6. The fraction of sp³-hybridized carbons (Fsp3) is 0.963. The fourth-order valence-corrected chi connectivity index (χ4v) is 6.12. The van der Waals surface area contributed by atoms with Gasteiger partial charge in [0.2, 0.25) is 0 Å². The van der Waals surface area contributed by atoms with Crippen molar-refractivity contribution >= 4 is 5.97 Å². The molecule has 0 aromatic carbocycles. The fourth-order valence-electron chi connectivity index (χ4n) is 6.12. The van der Waals surface area contributed by atoms with E-state index in [1.165, 1.54) is 96.3 Å². The zero-order valence-corrected chi connectivity index (χ0v) is 22.8. The minimum atomic E-state index is -0.861. The molecule has 5 unspecified atom stereocenters. The number of rotatable bonds is 9. The molecule has 8 heteroatoms. The van der Waals surface area contributed by atoms with Crippen molar-refractivity contribution in [2.45, 2.75) is 133 Å². The molecule has 2 aliphatic heterocycles. The van der Waals surface area contributed by atoms with Crippen LogP contribution in [0.5, 0.6) is 0 Å². The summed E-state index contributed by atoms with van der Waals surface area (Å²) in [6, 6.07) is 1.80. The standard InChI is InChI=1S/C18H34N4.C9H17NO2.Co/c1-2-10-18(22-14-16-8-4-6-12-20-16)17(9-1)21-13-15-7-3-5-11-19-15;10-8(9(11)12)6-7-4-2-1-3-5-7;/h15-18,21-22H,1-14H2;7-8H,1-6,10H2,(H,11,12);/q-2;;+2. The Kier molecular flexibility index (Phi) is 16.0. The van der Waals surface area contributed by atoms with Crippen molar-refractivity contribution in [3.63, 3.8) is 0 Å². The van der Waals surface area contributed by atoms with E-state index in [9.17, 15) is 4.79 Å². The van der Waals surface area contributed by atoms with Crippen LogP contribution in [0.1, 0.15) is 103 Å². The predicted octanol–water partition coefficient (Wildman–Crippen LogP) is 4.70. The van der Waals surface area contributed by atoms with Crippen LogP contribution in [0.15, 0.2) is 0 Å². The molecule has 7 nitrogen and oxygen atoms in total. The van der Waals surface area contributed by atoms with Gasteiger partial charge in [-0.3, -0.25) is 4.79 Å². The second-order valence-electron chi connectivity index (χ2n) is 11.1. The number of carboxylic acids is 1. The van der Waals surface area contributed by atoms with Crippen LogP contribution in [0.3, 0.4) is 0 Å². The maximum atomic E-state index is 10.4. The van der Waals surface area contributed by atoms with Gasteiger partial charge in [0.1, 0.15) is 6.04 Å². The van der Waals surface area contributed by atoms with Crippen LogP contribution in [0.2, 0.25) is 0 Å². The molecule has 0 bridgehead atoms. The van der Waals surface area contributed by atoms with Gasteiger partial charge in [0, 0.05) is 12.1 Å². The summed E-state index contributed by atoms with van der Waals surface area (Å²) in [6.45, 7) is 4.36. The first-order valence-corrected chi connectivity index (χ1v) is 14.4. The van der Waals surface area contributed by atoms with E-state index >= 15 is 0 Å². The van der Waals surface area contributed by atoms with Crippen LogP contribution in [-0.2, 0) is 21.6 Å². The molecule has 5 N–H and O–H groups in total. The van der Waals surface area contributed by atoms with Gasteiger partial charge >= 0.3 is 22.7 Å². The van der Waals surface area contributed by atoms with Crippen LogP contribution in [0, 0.1) is 5.92 Å². The first-order valence-electron chi connectivity index (χ1n) is 14.4. The summed E-state index contributed by atoms with van der Waals surface area (Å²) in [7, 11) is 0. The maximum absolute atomic E-state index is 10.4. The monoisotopic (exact) mass is 536 g/mol. The maximum Gasteiger partial charge on any atom is 2.00 e. The molecule has 0 spiro atoms. The predicted molar refractivity (Wildman–Crippen MR) is 141 cm³/mol. The number of aliphatic carboxylic acids is 1. The smallest absolute Gasteiger partial charge is 0.658 e. The third kappa shape index (κ3) is 12.2. The van der Waals surface area contributed by atoms with Crippen molar-refractivity contribution in [3.05, 3.63) is 10.6 Å². The average molecular weight is 537 g/mol. The van der Waals surface area contributed by atoms with Gasteiger partial charge in [0.05, 0.1) is 0 Å². The van der Waals surface area contributed by atoms with Gasteiger partial charge in [0.15, 0.2) is 0 Å². The Labute approximate surface area is 224 Å². The minimum absolute atomic E-state index is 0. The third-order valence-electron chi connectivity index (χ3n) is 8.29. The SMILES string of the molecule is C1CCC(CNC2CCCCC2NCC2CCCC[N-]2)[N-]C1.NC(CC1CCCCC1)C(=O)O.[Co+2]. The average Bonchev–Trinajstić information content (AvgIpc) is 2.89. The molecule has 0 aromatic rings. The van der Waals surface area contributed by atoms with E-state index in [1.54, 1.807) is 0 Å². The van der Waals surface area contributed by atoms with Crippen LogP contribution in [0.4, 0.5) is 0 Å². The summed E-state index contributed by atoms with van der Waals surface area (Å²) in [5.74, 6) is -0.301. The molecule has 2 aliphatic carbocycles. The number of hydrogen-bond acceptors (Lipinski definition) is 4. The van der Waals surface area contributed by atoms with Crippen molar-refractivity contribution in [3.8, 4) is 0 Å². The molecule has 2 saturated carbocycles. The van der Waals surface area contributed by atoms with Crippen LogP contribution in [-0.4, -0.2) is 67.5 Å². The normalized spacial score (nSPS) is 30.9. The van der Waals surface area contributed by atoms with E-state index < -0.39 is 12.0 Å². The zero-order chi connectivity index (χ0) is 24.0. The third-order valence-corrected chi connectivity index (χ3v) is 8.29. The summed E-state index contributed by atoms with van der Waals surface area (Å²) in [5, 5.41) is 25.8. The van der Waals surface area contributed by atoms with Gasteiger partial charge in [0.25, 0.3) is 0 Å². The molecule has 2 saturated heterocycles. The van der Waals surface area contributed by atoms with Crippen molar-refractivity contribution in [1.82, 2.24) is 10.6 Å². The van der Waals surface area contributed by atoms with Gasteiger partial charge in [-0.05, 0) is 38.3 Å². The molecule has 0 aromatic heterocycles. The van der Waals surface area contributed by atoms with E-state index in [0.29, 0.717) is 36.5 Å². The summed E-state index contributed by atoms with van der Waals surface area (Å²) in [5.41, 5.74) is 5.45. The summed E-state index contributed by atoms with van der Waals surface area (Å²) in [4.78, 5) is 10.4. The second kappa shape index (κ2) is 18.1. The number of nitrogens with zero attached hydrogens (tertiary/aromatic N) is 2. The Bertz CT molecular complexity index is 522. The van der Waals surface area contributed by atoms with Crippen molar-refractivity contribution < 1.29 is 26.7 Å². The van der Waals surface area contributed by atoms with E-state index in [-0.39, 0.29) is 16.8 Å². The van der Waals surface area contributed by atoms with Gasteiger partial charge in [-0.15, -0.1) is 25.2 Å². The Morgan fingerprint density at radius 1 is 0.743 bits per heavy atom. The number of carboxylic acid groups (broad SMARTS) is 1. The number of nitrogens with two attached hydrogens (primary N) is 1. The Hall–Kier alpha value is -0.224. The largest absolute Gasteiger partial charge is 2.00 e. The van der Waals surface area contributed by atoms with E-state index in [0.717, 1.165) is 26.2 Å². The molecule has 4 fully saturated rings. The number of carbonyl (C=O) groups is 1. The van der Waals surface area contributed by atoms with Gasteiger partial charge in [-0.1, -0.05) is 83.5 Å². The second-order valence-corrected chi connectivity index (χ2v) is 11.1. The first kappa shape index (κ1) is 31.0. The summed E-state index contributed by atoms with van der Waals surface area (Å²) in [6.07, 6.45) is 20.1. The molecule has 5 atom stereocenters. The van der Waals surface area contributed by atoms with E-state index in [4.69, 9.17) is 21.5 Å². The molecule has 205 valence electrons. The van der Waals surface area contributed by atoms with Crippen LogP contribution >= 0.6 is 0 Å². The van der Waals surface area contributed by atoms with Gasteiger partial charge in [-0.25, -0.2) is 0 Å². The quantitative estimate of drug-likeness (QED) is 0.341. The topological polar surface area (TPSA) is 116 Å². The molecule has 2 heterocycles.